The number of anilines is 1. The van der Waals surface area contributed by atoms with Crippen LogP contribution in [0.15, 0.2) is 24.3 Å². The minimum absolute atomic E-state index is 0. The van der Waals surface area contributed by atoms with Crippen molar-refractivity contribution in [2.24, 2.45) is 0 Å². The number of nitrogens with zero attached hydrogens (tertiary/aromatic N) is 1. The average molecular weight is 296 g/mol. The van der Waals surface area contributed by atoms with Crippen molar-refractivity contribution >= 4 is 45.4 Å². The number of aliphatic hydroxyl groups is 1. The molecule has 0 aromatic heterocycles. The molecule has 0 heterocycles. The Balaban J connectivity index is 0.00000324. The van der Waals surface area contributed by atoms with E-state index in [1.54, 1.807) is 0 Å². The zero-order chi connectivity index (χ0) is 13.8. The monoisotopic (exact) mass is 296 g/mol. The van der Waals surface area contributed by atoms with Crippen molar-refractivity contribution in [2.45, 2.75) is 20.0 Å². The number of aryl methyl sites for hydroxylation is 1. The van der Waals surface area contributed by atoms with Crippen molar-refractivity contribution in [3.63, 3.8) is 0 Å². The summed E-state index contributed by atoms with van der Waals surface area (Å²) in [5.41, 5.74) is 2.02. The van der Waals surface area contributed by atoms with Crippen molar-refractivity contribution in [3.8, 4) is 0 Å². The van der Waals surface area contributed by atoms with Gasteiger partial charge in [0.15, 0.2) is 0 Å². The molecular formula is C12H19NNaO4S. The number of rotatable bonds is 6. The van der Waals surface area contributed by atoms with Crippen LogP contribution in [0.5, 0.6) is 0 Å². The number of likely N-dealkylation sites (N-methyl/N-ethyl adjacent to an activating group) is 1. The van der Waals surface area contributed by atoms with Crippen LogP contribution in [0.2, 0.25) is 0 Å². The molecule has 0 aliphatic rings. The summed E-state index contributed by atoms with van der Waals surface area (Å²) < 4.78 is 30.0. The molecule has 0 saturated heterocycles. The van der Waals surface area contributed by atoms with Crippen LogP contribution in [0.3, 0.4) is 0 Å². The van der Waals surface area contributed by atoms with E-state index in [0.29, 0.717) is 6.54 Å². The Morgan fingerprint density at radius 1 is 1.37 bits per heavy atom. The summed E-state index contributed by atoms with van der Waals surface area (Å²) in [6.07, 6.45) is -1.11. The minimum atomic E-state index is -4.14. The standard InChI is InChI=1S/C12H19NO4S.Na/c1-3-13(8-12(14)9-18(15,16)17)11-6-4-5-10(2)7-11;/h4-7,12,14H,3,8-9H2,1-2H3,(H,15,16,17);. The number of hydrogen-bond donors (Lipinski definition) is 2. The molecule has 103 valence electrons. The summed E-state index contributed by atoms with van der Waals surface area (Å²) in [5, 5.41) is 9.64. The summed E-state index contributed by atoms with van der Waals surface area (Å²) in [4.78, 5) is 1.86. The van der Waals surface area contributed by atoms with Crippen molar-refractivity contribution in [1.29, 1.82) is 0 Å². The predicted molar refractivity (Wildman–Crippen MR) is 77.2 cm³/mol. The van der Waals surface area contributed by atoms with Gasteiger partial charge in [-0.3, -0.25) is 4.55 Å². The molecule has 1 atom stereocenters. The van der Waals surface area contributed by atoms with Gasteiger partial charge < -0.3 is 10.0 Å². The fourth-order valence-electron chi connectivity index (χ4n) is 1.79. The SMILES string of the molecule is CCN(CC(O)CS(=O)(=O)O)c1cccc(C)c1.[Na]. The molecular weight excluding hydrogens is 277 g/mol. The number of hydrogen-bond acceptors (Lipinski definition) is 4. The maximum absolute atomic E-state index is 10.7. The second-order valence-electron chi connectivity index (χ2n) is 4.28. The molecule has 0 bridgehead atoms. The maximum atomic E-state index is 10.7. The van der Waals surface area contributed by atoms with Gasteiger partial charge in [-0.15, -0.1) is 0 Å². The van der Waals surface area contributed by atoms with Crippen LogP contribution in [0.4, 0.5) is 5.69 Å². The fourth-order valence-corrected chi connectivity index (χ4v) is 2.38. The number of benzene rings is 1. The van der Waals surface area contributed by atoms with Crippen LogP contribution < -0.4 is 4.90 Å². The van der Waals surface area contributed by atoms with E-state index >= 15 is 0 Å². The third kappa shape index (κ3) is 7.29. The quantitative estimate of drug-likeness (QED) is 0.596. The summed E-state index contributed by atoms with van der Waals surface area (Å²) in [5.74, 6) is -0.644. The van der Waals surface area contributed by atoms with Gasteiger partial charge in [0.2, 0.25) is 0 Å². The van der Waals surface area contributed by atoms with Gasteiger partial charge >= 0.3 is 0 Å². The minimum Gasteiger partial charge on any atom is -0.390 e. The van der Waals surface area contributed by atoms with Gasteiger partial charge in [0.1, 0.15) is 5.75 Å². The first-order chi connectivity index (χ1) is 8.31. The molecule has 1 unspecified atom stereocenters. The van der Waals surface area contributed by atoms with E-state index in [4.69, 9.17) is 4.55 Å². The summed E-state index contributed by atoms with van der Waals surface area (Å²) in [6, 6.07) is 7.73. The van der Waals surface area contributed by atoms with Crippen LogP contribution in [0, 0.1) is 6.92 Å². The largest absolute Gasteiger partial charge is 0.390 e. The Kier molecular flexibility index (Phi) is 8.19. The molecule has 7 heteroatoms. The van der Waals surface area contributed by atoms with Gasteiger partial charge in [-0.05, 0) is 31.5 Å². The van der Waals surface area contributed by atoms with Crippen LogP contribution in [-0.4, -0.2) is 72.6 Å². The third-order valence-corrected chi connectivity index (χ3v) is 3.39. The van der Waals surface area contributed by atoms with E-state index in [0.717, 1.165) is 11.3 Å². The van der Waals surface area contributed by atoms with Gasteiger partial charge in [0.05, 0.1) is 6.10 Å². The van der Waals surface area contributed by atoms with Gasteiger partial charge in [0, 0.05) is 48.3 Å². The molecule has 0 spiro atoms. The van der Waals surface area contributed by atoms with Gasteiger partial charge in [-0.25, -0.2) is 0 Å². The number of aliphatic hydroxyl groups excluding tert-OH is 1. The van der Waals surface area contributed by atoms with E-state index in [-0.39, 0.29) is 36.1 Å². The molecule has 1 radical (unpaired) electrons. The van der Waals surface area contributed by atoms with Crippen molar-refractivity contribution in [2.75, 3.05) is 23.7 Å². The van der Waals surface area contributed by atoms with E-state index in [1.165, 1.54) is 0 Å². The molecule has 2 N–H and O–H groups in total. The normalized spacial score (nSPS) is 12.6. The Morgan fingerprint density at radius 3 is 2.47 bits per heavy atom. The summed E-state index contributed by atoms with van der Waals surface area (Å²) >= 11 is 0. The molecule has 5 nitrogen and oxygen atoms in total. The van der Waals surface area contributed by atoms with E-state index < -0.39 is 22.0 Å². The molecule has 0 aliphatic carbocycles. The molecule has 19 heavy (non-hydrogen) atoms. The summed E-state index contributed by atoms with van der Waals surface area (Å²) in [7, 11) is -4.14. The average Bonchev–Trinajstić information content (AvgIpc) is 2.23. The van der Waals surface area contributed by atoms with Gasteiger partial charge in [-0.2, -0.15) is 8.42 Å². The van der Waals surface area contributed by atoms with Gasteiger partial charge in [0.25, 0.3) is 10.1 Å². The Bertz CT molecular complexity index is 492. The third-order valence-electron chi connectivity index (χ3n) is 2.58. The first-order valence-corrected chi connectivity index (χ1v) is 7.37. The molecule has 1 aromatic carbocycles. The molecule has 0 amide bonds. The van der Waals surface area contributed by atoms with Crippen LogP contribution >= 0.6 is 0 Å². The molecule has 0 fully saturated rings. The zero-order valence-electron chi connectivity index (χ0n) is 11.6. The molecule has 0 aliphatic heterocycles. The topological polar surface area (TPSA) is 77.8 Å². The van der Waals surface area contributed by atoms with Gasteiger partial charge in [-0.1, -0.05) is 12.1 Å². The van der Waals surface area contributed by atoms with Crippen LogP contribution in [-0.2, 0) is 10.1 Å². The molecule has 1 aromatic rings. The zero-order valence-corrected chi connectivity index (χ0v) is 14.4. The fraction of sp³-hybridized carbons (Fsp3) is 0.500. The smallest absolute Gasteiger partial charge is 0.267 e. The van der Waals surface area contributed by atoms with Crippen LogP contribution in [0.1, 0.15) is 12.5 Å². The molecule has 0 saturated carbocycles. The predicted octanol–water partition coefficient (Wildman–Crippen LogP) is 0.689. The van der Waals surface area contributed by atoms with Crippen molar-refractivity contribution < 1.29 is 18.1 Å². The van der Waals surface area contributed by atoms with E-state index in [1.807, 2.05) is 43.0 Å². The van der Waals surface area contributed by atoms with E-state index in [9.17, 15) is 13.5 Å². The first-order valence-electron chi connectivity index (χ1n) is 5.76. The first kappa shape index (κ1) is 18.9. The maximum Gasteiger partial charge on any atom is 0.267 e. The summed E-state index contributed by atoms with van der Waals surface area (Å²) in [6.45, 7) is 4.69. The second kappa shape index (κ2) is 8.24. The Hall–Kier alpha value is -0.110. The second-order valence-corrected chi connectivity index (χ2v) is 5.78. The van der Waals surface area contributed by atoms with E-state index in [2.05, 4.69) is 0 Å². The van der Waals surface area contributed by atoms with Crippen molar-refractivity contribution in [1.82, 2.24) is 0 Å². The Morgan fingerprint density at radius 2 is 2.00 bits per heavy atom. The Labute approximate surface area is 136 Å². The van der Waals surface area contributed by atoms with Crippen molar-refractivity contribution in [3.05, 3.63) is 29.8 Å². The molecule has 1 rings (SSSR count). The van der Waals surface area contributed by atoms with Crippen LogP contribution in [0.25, 0.3) is 0 Å².